The Hall–Kier alpha value is -2.32. The smallest absolute Gasteiger partial charge is 0.251 e. The van der Waals surface area contributed by atoms with Gasteiger partial charge in [0.15, 0.2) is 0 Å². The Morgan fingerprint density at radius 1 is 1.35 bits per heavy atom. The molecular formula is C15H15N3OS. The Kier molecular flexibility index (Phi) is 4.38. The summed E-state index contributed by atoms with van der Waals surface area (Å²) in [6.45, 7) is 2.63. The van der Waals surface area contributed by atoms with Gasteiger partial charge in [-0.2, -0.15) is 5.26 Å². The number of carbonyl (C=O) groups is 1. The first kappa shape index (κ1) is 14.1. The van der Waals surface area contributed by atoms with Crippen molar-refractivity contribution >= 4 is 22.9 Å². The third-order valence-corrected chi connectivity index (χ3v) is 3.94. The van der Waals surface area contributed by atoms with Crippen LogP contribution in [0, 0.1) is 18.3 Å². The fourth-order valence-corrected chi connectivity index (χ4v) is 2.56. The number of hydrogen-bond donors (Lipinski definition) is 2. The molecule has 0 saturated heterocycles. The maximum absolute atomic E-state index is 11.6. The van der Waals surface area contributed by atoms with Crippen molar-refractivity contribution < 1.29 is 4.79 Å². The van der Waals surface area contributed by atoms with Gasteiger partial charge in [-0.1, -0.05) is 6.07 Å². The van der Waals surface area contributed by atoms with Crippen molar-refractivity contribution in [2.45, 2.75) is 13.5 Å². The van der Waals surface area contributed by atoms with Crippen LogP contribution in [0.3, 0.4) is 0 Å². The highest BCUT2D eigenvalue weighted by molar-refractivity contribution is 7.12. The minimum absolute atomic E-state index is 0.101. The lowest BCUT2D eigenvalue weighted by Gasteiger charge is -2.10. The molecule has 0 radical (unpaired) electrons. The molecule has 5 heteroatoms. The topological polar surface area (TPSA) is 64.9 Å². The van der Waals surface area contributed by atoms with Crippen LogP contribution in [-0.4, -0.2) is 13.0 Å². The molecule has 2 N–H and O–H groups in total. The van der Waals surface area contributed by atoms with E-state index in [9.17, 15) is 4.79 Å². The fourth-order valence-electron chi connectivity index (χ4n) is 1.81. The van der Waals surface area contributed by atoms with Crippen molar-refractivity contribution in [1.29, 1.82) is 5.26 Å². The average molecular weight is 285 g/mol. The van der Waals surface area contributed by atoms with Crippen molar-refractivity contribution in [3.63, 3.8) is 0 Å². The van der Waals surface area contributed by atoms with Gasteiger partial charge in [0.05, 0.1) is 0 Å². The normalized spacial score (nSPS) is 9.85. The first-order valence-electron chi connectivity index (χ1n) is 6.19. The Balaban J connectivity index is 2.12. The lowest BCUT2D eigenvalue weighted by Crippen LogP contribution is -2.18. The van der Waals surface area contributed by atoms with Gasteiger partial charge in [0.1, 0.15) is 10.9 Å². The summed E-state index contributed by atoms with van der Waals surface area (Å²) in [4.78, 5) is 13.4. The summed E-state index contributed by atoms with van der Waals surface area (Å²) in [7, 11) is 1.62. The summed E-state index contributed by atoms with van der Waals surface area (Å²) in [5, 5.41) is 14.7. The fraction of sp³-hybridized carbons (Fsp3) is 0.200. The molecule has 0 aliphatic heterocycles. The molecule has 0 fully saturated rings. The summed E-state index contributed by atoms with van der Waals surface area (Å²) in [5.74, 6) is -0.101. The van der Waals surface area contributed by atoms with E-state index in [2.05, 4.69) is 16.7 Å². The molecule has 20 heavy (non-hydrogen) atoms. The Morgan fingerprint density at radius 3 is 2.80 bits per heavy atom. The molecule has 0 spiro atoms. The van der Waals surface area contributed by atoms with Crippen molar-refractivity contribution in [3.05, 3.63) is 51.2 Å². The number of thiophene rings is 1. The number of hydrogen-bond acceptors (Lipinski definition) is 4. The lowest BCUT2D eigenvalue weighted by atomic mass is 10.1. The number of anilines is 1. The highest BCUT2D eigenvalue weighted by Gasteiger charge is 2.07. The van der Waals surface area contributed by atoms with Crippen LogP contribution in [0.1, 0.15) is 25.7 Å². The average Bonchev–Trinajstić information content (AvgIpc) is 2.93. The molecule has 2 rings (SSSR count). The van der Waals surface area contributed by atoms with Gasteiger partial charge >= 0.3 is 0 Å². The van der Waals surface area contributed by atoms with Crippen LogP contribution >= 0.6 is 11.3 Å². The number of aryl methyl sites for hydroxylation is 1. The zero-order valence-corrected chi connectivity index (χ0v) is 12.2. The van der Waals surface area contributed by atoms with E-state index in [0.29, 0.717) is 17.0 Å². The third kappa shape index (κ3) is 3.16. The minimum Gasteiger partial charge on any atom is -0.380 e. The maximum Gasteiger partial charge on any atom is 0.251 e. The second-order valence-electron chi connectivity index (χ2n) is 4.34. The van der Waals surface area contributed by atoms with Crippen molar-refractivity contribution in [2.24, 2.45) is 0 Å². The molecule has 1 heterocycles. The molecule has 0 saturated carbocycles. The molecule has 102 valence electrons. The SMILES string of the molecule is CNC(=O)c1ccc(C)c(NCc2ccc(C#N)s2)c1. The highest BCUT2D eigenvalue weighted by atomic mass is 32.1. The van der Waals surface area contributed by atoms with Gasteiger partial charge < -0.3 is 10.6 Å². The van der Waals surface area contributed by atoms with Crippen LogP contribution in [0.5, 0.6) is 0 Å². The van der Waals surface area contributed by atoms with Crippen LogP contribution < -0.4 is 10.6 Å². The summed E-state index contributed by atoms with van der Waals surface area (Å²) < 4.78 is 0. The standard InChI is InChI=1S/C15H15N3OS/c1-10-3-4-11(15(19)17-2)7-14(10)18-9-13-6-5-12(8-16)20-13/h3-7,18H,9H2,1-2H3,(H,17,19). The molecule has 1 aromatic carbocycles. The molecule has 1 aromatic heterocycles. The Bertz CT molecular complexity index is 670. The second-order valence-corrected chi connectivity index (χ2v) is 5.51. The number of carbonyl (C=O) groups excluding carboxylic acids is 1. The molecule has 0 atom stereocenters. The highest BCUT2D eigenvalue weighted by Crippen LogP contribution is 2.20. The summed E-state index contributed by atoms with van der Waals surface area (Å²) in [6.07, 6.45) is 0. The summed E-state index contributed by atoms with van der Waals surface area (Å²) in [6, 6.07) is 11.4. The number of rotatable bonds is 4. The van der Waals surface area contributed by atoms with E-state index in [-0.39, 0.29) is 5.91 Å². The number of nitrogens with one attached hydrogen (secondary N) is 2. The molecule has 0 aliphatic carbocycles. The first-order valence-corrected chi connectivity index (χ1v) is 7.01. The number of benzene rings is 1. The molecule has 2 aromatic rings. The van der Waals surface area contributed by atoms with E-state index in [4.69, 9.17) is 5.26 Å². The van der Waals surface area contributed by atoms with Gasteiger partial charge in [-0.15, -0.1) is 11.3 Å². The van der Waals surface area contributed by atoms with Gasteiger partial charge in [-0.3, -0.25) is 4.79 Å². The molecule has 4 nitrogen and oxygen atoms in total. The van der Waals surface area contributed by atoms with Crippen LogP contribution in [0.25, 0.3) is 0 Å². The molecule has 0 bridgehead atoms. The molecule has 0 aliphatic rings. The van der Waals surface area contributed by atoms with Crippen LogP contribution in [0.4, 0.5) is 5.69 Å². The van der Waals surface area contributed by atoms with Crippen molar-refractivity contribution in [2.75, 3.05) is 12.4 Å². The summed E-state index contributed by atoms with van der Waals surface area (Å²) >= 11 is 1.47. The molecular weight excluding hydrogens is 270 g/mol. The molecule has 1 amide bonds. The number of nitriles is 1. The van der Waals surface area contributed by atoms with Crippen LogP contribution in [0.2, 0.25) is 0 Å². The van der Waals surface area contributed by atoms with Crippen LogP contribution in [0.15, 0.2) is 30.3 Å². The Morgan fingerprint density at radius 2 is 2.15 bits per heavy atom. The number of nitrogens with zero attached hydrogens (tertiary/aromatic N) is 1. The van der Waals surface area contributed by atoms with E-state index in [0.717, 1.165) is 16.1 Å². The monoisotopic (exact) mass is 285 g/mol. The van der Waals surface area contributed by atoms with Gasteiger partial charge in [0.2, 0.25) is 0 Å². The van der Waals surface area contributed by atoms with Crippen molar-refractivity contribution in [3.8, 4) is 6.07 Å². The van der Waals surface area contributed by atoms with E-state index in [1.807, 2.05) is 31.2 Å². The minimum atomic E-state index is -0.101. The predicted molar refractivity (Wildman–Crippen MR) is 80.9 cm³/mol. The van der Waals surface area contributed by atoms with Gasteiger partial charge in [-0.05, 0) is 36.8 Å². The van der Waals surface area contributed by atoms with E-state index in [1.54, 1.807) is 13.1 Å². The number of amides is 1. The zero-order valence-electron chi connectivity index (χ0n) is 11.4. The van der Waals surface area contributed by atoms with E-state index in [1.165, 1.54) is 11.3 Å². The summed E-state index contributed by atoms with van der Waals surface area (Å²) in [5.41, 5.74) is 2.64. The largest absolute Gasteiger partial charge is 0.380 e. The quantitative estimate of drug-likeness (QED) is 0.907. The predicted octanol–water partition coefficient (Wildman–Crippen LogP) is 2.90. The third-order valence-electron chi connectivity index (χ3n) is 2.95. The second kappa shape index (κ2) is 6.22. The maximum atomic E-state index is 11.6. The Labute approximate surface area is 122 Å². The van der Waals surface area contributed by atoms with E-state index < -0.39 is 0 Å². The van der Waals surface area contributed by atoms with Crippen LogP contribution in [-0.2, 0) is 6.54 Å². The lowest BCUT2D eigenvalue weighted by molar-refractivity contribution is 0.0963. The van der Waals surface area contributed by atoms with Gasteiger partial charge in [0.25, 0.3) is 5.91 Å². The zero-order chi connectivity index (χ0) is 14.5. The van der Waals surface area contributed by atoms with Crippen molar-refractivity contribution in [1.82, 2.24) is 5.32 Å². The molecule has 0 unspecified atom stereocenters. The van der Waals surface area contributed by atoms with Gasteiger partial charge in [0, 0.05) is 29.7 Å². The van der Waals surface area contributed by atoms with Gasteiger partial charge in [-0.25, -0.2) is 0 Å². The first-order chi connectivity index (χ1) is 9.63. The van der Waals surface area contributed by atoms with E-state index >= 15 is 0 Å².